The van der Waals surface area contributed by atoms with Gasteiger partial charge in [0.05, 0.1) is 6.54 Å². The van der Waals surface area contributed by atoms with Crippen molar-refractivity contribution in [2.75, 3.05) is 24.7 Å². The van der Waals surface area contributed by atoms with E-state index < -0.39 is 63.7 Å². The van der Waals surface area contributed by atoms with Crippen LogP contribution in [0, 0.1) is 5.92 Å². The second kappa shape index (κ2) is 9.21. The third kappa shape index (κ3) is 5.76. The van der Waals surface area contributed by atoms with Crippen LogP contribution in [0.2, 0.25) is 0 Å². The Hall–Kier alpha value is -2.81. The normalized spacial score (nSPS) is 20.5. The first-order chi connectivity index (χ1) is 15.0. The first-order valence-electron chi connectivity index (χ1n) is 9.31. The molecule has 15 heteroatoms. The molecule has 0 saturated heterocycles. The highest BCUT2D eigenvalue weighted by Gasteiger charge is 2.57. The summed E-state index contributed by atoms with van der Waals surface area (Å²) in [5.74, 6) is -10.5. The van der Waals surface area contributed by atoms with Crippen LogP contribution in [0.5, 0.6) is 0 Å². The van der Waals surface area contributed by atoms with Crippen LogP contribution < -0.4 is 20.9 Å². The van der Waals surface area contributed by atoms with E-state index in [1.54, 1.807) is 12.1 Å². The molecule has 0 spiro atoms. The topological polar surface area (TPSA) is 125 Å². The molecule has 0 bridgehead atoms. The predicted molar refractivity (Wildman–Crippen MR) is 106 cm³/mol. The average molecular weight is 500 g/mol. The van der Waals surface area contributed by atoms with Gasteiger partial charge < -0.3 is 15.5 Å². The summed E-state index contributed by atoms with van der Waals surface area (Å²) in [5, 5.41) is 4.51. The molecule has 184 valence electrons. The zero-order chi connectivity index (χ0) is 25.4. The molecule has 33 heavy (non-hydrogen) atoms. The molecule has 1 aliphatic heterocycles. The summed E-state index contributed by atoms with van der Waals surface area (Å²) >= 11 is 0. The third-order valence-electron chi connectivity index (χ3n) is 4.88. The maximum Gasteiger partial charge on any atom is 0.455 e. The predicted octanol–water partition coefficient (Wildman–Crippen LogP) is 0.688. The number of fused-ring (bicyclic) bond motifs is 1. The number of carbonyl (C=O) groups excluding carboxylic acids is 3. The van der Waals surface area contributed by atoms with Gasteiger partial charge in [0.1, 0.15) is 11.3 Å². The molecule has 1 heterocycles. The van der Waals surface area contributed by atoms with E-state index in [4.69, 9.17) is 0 Å². The summed E-state index contributed by atoms with van der Waals surface area (Å²) in [6, 6.07) is 6.04. The smallest absolute Gasteiger partial charge is 0.349 e. The van der Waals surface area contributed by atoms with Gasteiger partial charge >= 0.3 is 12.1 Å². The lowest BCUT2D eigenvalue weighted by Crippen LogP contribution is -2.57. The number of carbonyl (C=O) groups is 3. The number of hydrogen-bond donors (Lipinski definition) is 3. The van der Waals surface area contributed by atoms with Crippen molar-refractivity contribution in [1.82, 2.24) is 16.0 Å². The Balaban J connectivity index is 2.19. The fourth-order valence-electron chi connectivity index (χ4n) is 2.93. The fourth-order valence-corrected chi connectivity index (χ4v) is 3.98. The van der Waals surface area contributed by atoms with Gasteiger partial charge in [-0.2, -0.15) is 22.0 Å². The van der Waals surface area contributed by atoms with Gasteiger partial charge in [0, 0.05) is 24.6 Å². The van der Waals surface area contributed by atoms with Crippen LogP contribution in [-0.2, 0) is 24.2 Å². The standard InChI is InChI=1S/C18H21F5N4O5S/c1-9(13(28)24-8-17(19,20)18(21,22)23)14(29)25-12-16(30)27(2)11-7-5-4-6-10(11)15(26-12)33(3,31)32/h4-7,9,12,15,26H,8H2,1-3H3,(H,24,28)(H,25,29)/t9-,12?,15?/m0/s1. The van der Waals surface area contributed by atoms with Gasteiger partial charge in [-0.1, -0.05) is 18.2 Å². The number of amides is 3. The Labute approximate surface area is 185 Å². The van der Waals surface area contributed by atoms with E-state index in [0.29, 0.717) is 0 Å². The number of nitrogens with zero attached hydrogens (tertiary/aromatic N) is 1. The van der Waals surface area contributed by atoms with E-state index in [0.717, 1.165) is 18.1 Å². The fraction of sp³-hybridized carbons (Fsp3) is 0.500. The highest BCUT2D eigenvalue weighted by molar-refractivity contribution is 7.90. The lowest BCUT2D eigenvalue weighted by atomic mass is 10.1. The number of alkyl halides is 5. The maximum absolute atomic E-state index is 13.0. The Morgan fingerprint density at radius 2 is 1.73 bits per heavy atom. The molecule has 3 atom stereocenters. The van der Waals surface area contributed by atoms with E-state index >= 15 is 0 Å². The molecule has 9 nitrogen and oxygen atoms in total. The highest BCUT2D eigenvalue weighted by atomic mass is 32.2. The molecule has 0 fully saturated rings. The number of rotatable bonds is 6. The van der Waals surface area contributed by atoms with Crippen LogP contribution in [0.4, 0.5) is 27.6 Å². The van der Waals surface area contributed by atoms with Gasteiger partial charge in [0.15, 0.2) is 16.0 Å². The van der Waals surface area contributed by atoms with Crippen LogP contribution in [-0.4, -0.2) is 64.3 Å². The molecule has 3 N–H and O–H groups in total. The summed E-state index contributed by atoms with van der Waals surface area (Å²) in [6.07, 6.45) is -6.66. The highest BCUT2D eigenvalue weighted by Crippen LogP contribution is 2.35. The summed E-state index contributed by atoms with van der Waals surface area (Å²) in [6.45, 7) is -1.16. The minimum atomic E-state index is -5.90. The summed E-state index contributed by atoms with van der Waals surface area (Å²) in [4.78, 5) is 38.2. The zero-order valence-electron chi connectivity index (χ0n) is 17.5. The molecule has 0 aromatic heterocycles. The minimum absolute atomic E-state index is 0.216. The quantitative estimate of drug-likeness (QED) is 0.390. The van der Waals surface area contributed by atoms with Gasteiger partial charge in [0.25, 0.3) is 5.91 Å². The molecular formula is C18H21F5N4O5S. The van der Waals surface area contributed by atoms with E-state index in [1.165, 1.54) is 24.5 Å². The van der Waals surface area contributed by atoms with Crippen LogP contribution in [0.25, 0.3) is 0 Å². The van der Waals surface area contributed by atoms with Crippen molar-refractivity contribution in [2.45, 2.75) is 30.6 Å². The molecule has 1 aromatic rings. The van der Waals surface area contributed by atoms with Crippen LogP contribution in [0.15, 0.2) is 24.3 Å². The van der Waals surface area contributed by atoms with Crippen LogP contribution in [0.1, 0.15) is 17.9 Å². The lowest BCUT2D eigenvalue weighted by molar-refractivity contribution is -0.278. The van der Waals surface area contributed by atoms with E-state index in [9.17, 15) is 44.8 Å². The number of sulfone groups is 1. The summed E-state index contributed by atoms with van der Waals surface area (Å²) in [7, 11) is -2.54. The minimum Gasteiger partial charge on any atom is -0.349 e. The second-order valence-electron chi connectivity index (χ2n) is 7.42. The number of para-hydroxylation sites is 1. The van der Waals surface area contributed by atoms with Gasteiger partial charge in [0.2, 0.25) is 11.8 Å². The first-order valence-corrected chi connectivity index (χ1v) is 11.3. The number of likely N-dealkylation sites (N-methyl/N-ethyl adjacent to an activating group) is 1. The monoisotopic (exact) mass is 500 g/mol. The van der Waals surface area contributed by atoms with Crippen LogP contribution in [0.3, 0.4) is 0 Å². The Kier molecular flexibility index (Phi) is 7.38. The van der Waals surface area contributed by atoms with Crippen molar-refractivity contribution in [3.63, 3.8) is 0 Å². The van der Waals surface area contributed by atoms with E-state index in [-0.39, 0.29) is 11.3 Å². The van der Waals surface area contributed by atoms with Crippen molar-refractivity contribution in [1.29, 1.82) is 0 Å². The Bertz CT molecular complexity index is 1050. The van der Waals surface area contributed by atoms with Crippen molar-refractivity contribution in [3.8, 4) is 0 Å². The number of anilines is 1. The number of halogens is 5. The van der Waals surface area contributed by atoms with Crippen molar-refractivity contribution < 1.29 is 44.8 Å². The van der Waals surface area contributed by atoms with Gasteiger partial charge in [-0.25, -0.2) is 8.42 Å². The van der Waals surface area contributed by atoms with Crippen molar-refractivity contribution >= 4 is 33.2 Å². The zero-order valence-corrected chi connectivity index (χ0v) is 18.4. The molecule has 0 saturated carbocycles. The largest absolute Gasteiger partial charge is 0.455 e. The SMILES string of the molecule is C[C@@H](C(=O)NCC(F)(F)C(F)(F)F)C(=O)NC1NC(S(C)(=O)=O)c2ccccc2N(C)C1=O. The molecule has 0 aliphatic carbocycles. The number of nitrogens with one attached hydrogen (secondary N) is 3. The maximum atomic E-state index is 13.0. The van der Waals surface area contributed by atoms with E-state index in [1.807, 2.05) is 0 Å². The molecule has 1 aliphatic rings. The molecule has 2 rings (SSSR count). The molecular weight excluding hydrogens is 479 g/mol. The molecule has 1 aromatic carbocycles. The number of hydrogen-bond acceptors (Lipinski definition) is 6. The van der Waals surface area contributed by atoms with Gasteiger partial charge in [-0.3, -0.25) is 19.7 Å². The second-order valence-corrected chi connectivity index (χ2v) is 9.55. The average Bonchev–Trinajstić information content (AvgIpc) is 2.81. The van der Waals surface area contributed by atoms with Gasteiger partial charge in [-0.15, -0.1) is 0 Å². The molecule has 3 amide bonds. The first kappa shape index (κ1) is 26.4. The molecule has 2 unspecified atom stereocenters. The van der Waals surface area contributed by atoms with Crippen molar-refractivity contribution in [3.05, 3.63) is 29.8 Å². The summed E-state index contributed by atoms with van der Waals surface area (Å²) < 4.78 is 87.3. The van der Waals surface area contributed by atoms with Crippen LogP contribution >= 0.6 is 0 Å². The summed E-state index contributed by atoms with van der Waals surface area (Å²) in [5.41, 5.74) is 0.454. The lowest BCUT2D eigenvalue weighted by Gasteiger charge is -2.24. The third-order valence-corrected chi connectivity index (χ3v) is 6.12. The van der Waals surface area contributed by atoms with Crippen molar-refractivity contribution in [2.24, 2.45) is 5.92 Å². The Morgan fingerprint density at radius 3 is 2.27 bits per heavy atom. The Morgan fingerprint density at radius 1 is 1.15 bits per heavy atom. The molecule has 0 radical (unpaired) electrons. The van der Waals surface area contributed by atoms with Gasteiger partial charge in [-0.05, 0) is 13.0 Å². The van der Waals surface area contributed by atoms with E-state index in [2.05, 4.69) is 10.6 Å². The number of benzene rings is 1.